The summed E-state index contributed by atoms with van der Waals surface area (Å²) in [5.41, 5.74) is 0. The lowest BCUT2D eigenvalue weighted by atomic mass is 14.9. The Morgan fingerprint density at radius 1 is 1.10 bits per heavy atom. The minimum Gasteiger partial charge on any atom is -0.323 e. The van der Waals surface area contributed by atoms with Gasteiger partial charge in [-0.15, -0.1) is 9.35 Å². The molecule has 0 atom stereocenters. The van der Waals surface area contributed by atoms with Crippen LogP contribution in [0.1, 0.15) is 0 Å². The maximum atomic E-state index is 9.77. The van der Waals surface area contributed by atoms with Crippen molar-refractivity contribution in [2.45, 2.75) is 0 Å². The molecule has 4 N–H and O–H groups in total. The van der Waals surface area contributed by atoms with E-state index in [1.807, 2.05) is 0 Å². The molecule has 10 heteroatoms. The van der Waals surface area contributed by atoms with E-state index in [1.165, 1.54) is 0 Å². The van der Waals surface area contributed by atoms with Gasteiger partial charge in [0.2, 0.25) is 0 Å². The van der Waals surface area contributed by atoms with Crippen molar-refractivity contribution < 1.29 is 33.5 Å². The highest BCUT2D eigenvalue weighted by atomic mass is 32.5. The predicted octanol–water partition coefficient (Wildman–Crippen LogP) is -0.764. The molecule has 0 fully saturated rings. The maximum absolute atomic E-state index is 9.77. The van der Waals surface area contributed by atoms with Crippen LogP contribution in [0.3, 0.4) is 0 Å². The second kappa shape index (κ2) is 3.36. The zero-order valence-corrected chi connectivity index (χ0v) is 6.92. The van der Waals surface area contributed by atoms with Gasteiger partial charge in [0.25, 0.3) is 0 Å². The molecule has 0 aromatic heterocycles. The molecule has 0 spiro atoms. The Balaban J connectivity index is 3.79. The van der Waals surface area contributed by atoms with Crippen molar-refractivity contribution in [1.82, 2.24) is 0 Å². The molecule has 0 aliphatic rings. The summed E-state index contributed by atoms with van der Waals surface area (Å²) < 4.78 is 16.3. The van der Waals surface area contributed by atoms with Crippen LogP contribution in [0, 0.1) is 0 Å². The largest absolute Gasteiger partial charge is 0.497 e. The van der Waals surface area contributed by atoms with Crippen molar-refractivity contribution in [2.24, 2.45) is 0 Å². The fourth-order valence-corrected chi connectivity index (χ4v) is 1.03. The minimum absolute atomic E-state index is 3.21. The second-order valence-corrected chi connectivity index (χ2v) is 4.82. The van der Waals surface area contributed by atoms with Crippen LogP contribution in [0.2, 0.25) is 0 Å². The van der Waals surface area contributed by atoms with Gasteiger partial charge >= 0.3 is 14.5 Å². The Morgan fingerprint density at radius 3 is 1.60 bits per heavy atom. The van der Waals surface area contributed by atoms with Crippen LogP contribution in [-0.4, -0.2) is 19.6 Å². The van der Waals surface area contributed by atoms with E-state index < -0.39 is 14.5 Å². The highest BCUT2D eigenvalue weighted by Crippen LogP contribution is 2.45. The monoisotopic (exact) mass is 210 g/mol. The van der Waals surface area contributed by atoms with Crippen molar-refractivity contribution in [2.75, 3.05) is 0 Å². The van der Waals surface area contributed by atoms with Gasteiger partial charge in [-0.2, -0.15) is 0 Å². The molecule has 62 valence electrons. The standard InChI is InChI=1S/H4O7P2S/c1-8(2,3)6-7-9(4,5)10/h(H2,1,2,3)(H2,4,5,10). The van der Waals surface area contributed by atoms with Crippen molar-refractivity contribution in [3.05, 3.63) is 0 Å². The summed E-state index contributed by atoms with van der Waals surface area (Å²) in [5, 5.41) is 0. The molecule has 0 aliphatic heterocycles. The summed E-state index contributed by atoms with van der Waals surface area (Å²) in [6, 6.07) is 0. The fraction of sp³-hybridized carbons (Fsp3) is 0. The lowest BCUT2D eigenvalue weighted by molar-refractivity contribution is -0.132. The first kappa shape index (κ1) is 10.6. The van der Waals surface area contributed by atoms with E-state index in [-0.39, 0.29) is 0 Å². The van der Waals surface area contributed by atoms with Crippen molar-refractivity contribution in [1.29, 1.82) is 0 Å². The predicted molar refractivity (Wildman–Crippen MR) is 32.9 cm³/mol. The van der Waals surface area contributed by atoms with E-state index in [2.05, 4.69) is 21.2 Å². The summed E-state index contributed by atoms with van der Waals surface area (Å²) >= 11 is 3.78. The average Bonchev–Trinajstić information content (AvgIpc) is 1.57. The zero-order chi connectivity index (χ0) is 8.41. The van der Waals surface area contributed by atoms with Crippen LogP contribution in [-0.2, 0) is 25.7 Å². The topological polar surface area (TPSA) is 116 Å². The summed E-state index contributed by atoms with van der Waals surface area (Å²) in [6.45, 7) is -4.14. The fourth-order valence-electron chi connectivity index (χ4n) is 0.0868. The van der Waals surface area contributed by atoms with Gasteiger partial charge in [0.05, 0.1) is 0 Å². The first-order valence-electron chi connectivity index (χ1n) is 1.70. The third-order valence-electron chi connectivity index (χ3n) is 0.228. The number of hydrogen-bond donors (Lipinski definition) is 4. The number of hydrogen-bond acceptors (Lipinski definition) is 4. The minimum atomic E-state index is -4.84. The lowest BCUT2D eigenvalue weighted by Gasteiger charge is -2.06. The van der Waals surface area contributed by atoms with Gasteiger partial charge in [-0.3, -0.25) is 0 Å². The summed E-state index contributed by atoms with van der Waals surface area (Å²) in [4.78, 5) is 32.1. The van der Waals surface area contributed by atoms with E-state index in [9.17, 15) is 4.57 Å². The van der Waals surface area contributed by atoms with Crippen LogP contribution in [0.4, 0.5) is 0 Å². The Bertz CT molecular complexity index is 162. The third-order valence-corrected chi connectivity index (χ3v) is 1.07. The Hall–Kier alpha value is 0.640. The molecule has 0 saturated heterocycles. The van der Waals surface area contributed by atoms with Crippen LogP contribution in [0.15, 0.2) is 0 Å². The summed E-state index contributed by atoms with van der Waals surface area (Å²) in [7, 11) is -4.84. The number of phosphoric acid groups is 1. The van der Waals surface area contributed by atoms with E-state index in [0.29, 0.717) is 0 Å². The first-order chi connectivity index (χ1) is 4.21. The van der Waals surface area contributed by atoms with Gasteiger partial charge in [0.15, 0.2) is 0 Å². The highest BCUT2D eigenvalue weighted by Gasteiger charge is 2.20. The van der Waals surface area contributed by atoms with Gasteiger partial charge < -0.3 is 19.6 Å². The molecule has 0 bridgehead atoms. The molecule has 0 heterocycles. The SMILES string of the molecule is O=P(O)(O)OOP(O)(O)=S. The highest BCUT2D eigenvalue weighted by molar-refractivity contribution is 8.06. The molecule has 0 saturated carbocycles. The average molecular weight is 210 g/mol. The molecule has 0 aromatic carbocycles. The molecule has 0 rings (SSSR count). The van der Waals surface area contributed by atoms with Gasteiger partial charge in [-0.05, 0) is 11.8 Å². The Labute approximate surface area is 60.6 Å². The van der Waals surface area contributed by atoms with Crippen LogP contribution < -0.4 is 0 Å². The van der Waals surface area contributed by atoms with Crippen molar-refractivity contribution in [3.8, 4) is 0 Å². The number of rotatable bonds is 3. The van der Waals surface area contributed by atoms with Crippen molar-refractivity contribution in [3.63, 3.8) is 0 Å². The van der Waals surface area contributed by atoms with Crippen LogP contribution in [0.5, 0.6) is 0 Å². The van der Waals surface area contributed by atoms with Gasteiger partial charge in [0, 0.05) is 0 Å². The zero-order valence-electron chi connectivity index (χ0n) is 4.32. The Kier molecular flexibility index (Phi) is 3.57. The first-order valence-corrected chi connectivity index (χ1v) is 5.85. The van der Waals surface area contributed by atoms with E-state index in [1.54, 1.807) is 0 Å². The van der Waals surface area contributed by atoms with E-state index in [4.69, 9.17) is 19.6 Å². The lowest BCUT2D eigenvalue weighted by Crippen LogP contribution is -1.89. The summed E-state index contributed by atoms with van der Waals surface area (Å²) in [6.07, 6.45) is 0. The molecule has 0 unspecified atom stereocenters. The van der Waals surface area contributed by atoms with E-state index >= 15 is 0 Å². The van der Waals surface area contributed by atoms with Crippen molar-refractivity contribution >= 4 is 26.3 Å². The maximum Gasteiger partial charge on any atom is 0.497 e. The molecule has 0 amide bonds. The van der Waals surface area contributed by atoms with Gasteiger partial charge in [-0.1, -0.05) is 0 Å². The molecule has 7 nitrogen and oxygen atoms in total. The second-order valence-electron chi connectivity index (χ2n) is 1.13. The molecule has 10 heavy (non-hydrogen) atoms. The smallest absolute Gasteiger partial charge is 0.323 e. The van der Waals surface area contributed by atoms with Crippen LogP contribution in [0.25, 0.3) is 0 Å². The molecule has 0 aromatic rings. The molecular weight excluding hydrogens is 206 g/mol. The molecule has 0 aliphatic carbocycles. The van der Waals surface area contributed by atoms with Crippen LogP contribution >= 0.6 is 14.5 Å². The van der Waals surface area contributed by atoms with E-state index in [0.717, 1.165) is 0 Å². The summed E-state index contributed by atoms with van der Waals surface area (Å²) in [5.74, 6) is 0. The molecule has 0 radical (unpaired) electrons. The van der Waals surface area contributed by atoms with Gasteiger partial charge in [0.1, 0.15) is 0 Å². The quantitative estimate of drug-likeness (QED) is 0.272. The molecular formula is H4O7P2S. The Morgan fingerprint density at radius 2 is 1.50 bits per heavy atom. The van der Waals surface area contributed by atoms with Gasteiger partial charge in [-0.25, -0.2) is 4.57 Å². The normalized spacial score (nSPS) is 13.6. The third kappa shape index (κ3) is 8.64.